The third kappa shape index (κ3) is 6.89. The summed E-state index contributed by atoms with van der Waals surface area (Å²) in [5, 5.41) is 2.80. The topological polar surface area (TPSA) is 155 Å². The summed E-state index contributed by atoms with van der Waals surface area (Å²) in [7, 11) is -2.24. The fraction of sp³-hybridized carbons (Fsp3) is 0.417. The number of likely N-dealkylation sites (N-methyl/N-ethyl adjacent to an activating group) is 1. The van der Waals surface area contributed by atoms with Gasteiger partial charge in [0.2, 0.25) is 15.9 Å². The second-order valence-corrected chi connectivity index (χ2v) is 16.0. The minimum Gasteiger partial charge on any atom is -0.444 e. The molecular weight excluding hydrogens is 646 g/mol. The molecule has 49 heavy (non-hydrogen) atoms. The number of ether oxygens (including phenoxy) is 1. The van der Waals surface area contributed by atoms with Crippen molar-refractivity contribution in [1.29, 1.82) is 0 Å². The maximum atomic E-state index is 14.3. The summed E-state index contributed by atoms with van der Waals surface area (Å²) in [4.78, 5) is 62.7. The van der Waals surface area contributed by atoms with Crippen LogP contribution in [0.4, 0.5) is 4.79 Å². The third-order valence-electron chi connectivity index (χ3n) is 9.34. The Bertz CT molecular complexity index is 1940. The van der Waals surface area contributed by atoms with Gasteiger partial charge in [0.1, 0.15) is 17.2 Å². The molecule has 258 valence electrons. The number of pyridine rings is 1. The second kappa shape index (κ2) is 12.6. The molecular formula is C36H41N5O7S. The molecule has 12 nitrogen and oxygen atoms in total. The van der Waals surface area contributed by atoms with Crippen molar-refractivity contribution in [1.82, 2.24) is 24.8 Å². The number of hydrogen-bond acceptors (Lipinski definition) is 8. The molecule has 3 aromatic rings. The number of aromatic nitrogens is 1. The van der Waals surface area contributed by atoms with E-state index in [0.29, 0.717) is 35.0 Å². The van der Waals surface area contributed by atoms with Gasteiger partial charge < -0.3 is 15.0 Å². The fourth-order valence-electron chi connectivity index (χ4n) is 6.35. The van der Waals surface area contributed by atoms with E-state index in [1.54, 1.807) is 33.9 Å². The first kappa shape index (κ1) is 34.1. The van der Waals surface area contributed by atoms with Gasteiger partial charge in [0, 0.05) is 30.5 Å². The van der Waals surface area contributed by atoms with Gasteiger partial charge in [-0.15, -0.1) is 6.58 Å². The number of benzene rings is 2. The highest BCUT2D eigenvalue weighted by atomic mass is 32.2. The number of sulfonamides is 1. The Morgan fingerprint density at radius 1 is 1.06 bits per heavy atom. The van der Waals surface area contributed by atoms with E-state index in [1.165, 1.54) is 15.9 Å². The lowest BCUT2D eigenvalue weighted by Gasteiger charge is -2.29. The quantitative estimate of drug-likeness (QED) is 0.320. The SMILES string of the molecule is C=CC1CC1(NC(=O)[C@@H]1C[C@@H](N(C)C(=O)c2cc(-c3ccccc3)nc3ccccc23)CN1C(=O)OC(C)(C)C)C(=O)NS(=O)(=O)C1CC1. The van der Waals surface area contributed by atoms with E-state index in [1.807, 2.05) is 54.6 Å². The molecule has 3 aliphatic rings. The maximum Gasteiger partial charge on any atom is 0.411 e. The van der Waals surface area contributed by atoms with Gasteiger partial charge in [-0.1, -0.05) is 54.6 Å². The highest BCUT2D eigenvalue weighted by molar-refractivity contribution is 7.91. The van der Waals surface area contributed by atoms with Crippen LogP contribution in [-0.4, -0.2) is 89.1 Å². The molecule has 4 atom stereocenters. The van der Waals surface area contributed by atoms with Crippen LogP contribution >= 0.6 is 0 Å². The second-order valence-electron chi connectivity index (χ2n) is 14.1. The summed E-state index contributed by atoms with van der Waals surface area (Å²) >= 11 is 0. The number of para-hydroxylation sites is 1. The Balaban J connectivity index is 1.28. The van der Waals surface area contributed by atoms with Crippen molar-refractivity contribution in [3.8, 4) is 11.3 Å². The number of carbonyl (C=O) groups is 4. The van der Waals surface area contributed by atoms with E-state index in [0.717, 1.165) is 5.56 Å². The van der Waals surface area contributed by atoms with Crippen molar-refractivity contribution in [2.24, 2.45) is 5.92 Å². The molecule has 1 aliphatic heterocycles. The van der Waals surface area contributed by atoms with Gasteiger partial charge in [0.15, 0.2) is 0 Å². The summed E-state index contributed by atoms with van der Waals surface area (Å²) in [5.74, 6) is -2.30. The molecule has 0 radical (unpaired) electrons. The predicted molar refractivity (Wildman–Crippen MR) is 184 cm³/mol. The molecule has 6 rings (SSSR count). The highest BCUT2D eigenvalue weighted by Crippen LogP contribution is 2.45. The van der Waals surface area contributed by atoms with Crippen molar-refractivity contribution in [3.05, 3.63) is 78.9 Å². The van der Waals surface area contributed by atoms with E-state index in [-0.39, 0.29) is 25.3 Å². The van der Waals surface area contributed by atoms with Crippen molar-refractivity contribution in [2.45, 2.75) is 74.9 Å². The monoisotopic (exact) mass is 687 g/mol. The van der Waals surface area contributed by atoms with E-state index in [9.17, 15) is 27.6 Å². The standard InChI is InChI=1S/C36H41N5O7S/c1-6-23-20-36(23,33(44)39-49(46,47)25-16-17-25)38-31(42)30-18-24(21-41(30)34(45)48-35(2,3)4)40(5)32(43)27-19-29(22-12-8-7-9-13-22)37-28-15-11-10-14-26(27)28/h6-15,19,23-25,30H,1,16-18,20-21H2,2-5H3,(H,38,42)(H,39,44)/t23?,24-,30+,36?/m1/s1. The number of nitrogens with zero attached hydrogens (tertiary/aromatic N) is 3. The van der Waals surface area contributed by atoms with Gasteiger partial charge in [-0.25, -0.2) is 18.2 Å². The van der Waals surface area contributed by atoms with Crippen molar-refractivity contribution >= 4 is 44.7 Å². The molecule has 1 saturated heterocycles. The van der Waals surface area contributed by atoms with Gasteiger partial charge in [-0.2, -0.15) is 0 Å². The summed E-state index contributed by atoms with van der Waals surface area (Å²) in [5.41, 5.74) is 0.146. The number of carbonyl (C=O) groups excluding carboxylic acids is 4. The highest BCUT2D eigenvalue weighted by Gasteiger charge is 2.62. The van der Waals surface area contributed by atoms with Gasteiger partial charge in [0.05, 0.1) is 28.1 Å². The number of hydrogen-bond donors (Lipinski definition) is 2. The van der Waals surface area contributed by atoms with Crippen LogP contribution in [0.2, 0.25) is 0 Å². The Kier molecular flexibility index (Phi) is 8.76. The van der Waals surface area contributed by atoms with E-state index < -0.39 is 62.3 Å². The van der Waals surface area contributed by atoms with Crippen molar-refractivity contribution < 1.29 is 32.3 Å². The van der Waals surface area contributed by atoms with Crippen molar-refractivity contribution in [3.63, 3.8) is 0 Å². The molecule has 2 aliphatic carbocycles. The fourth-order valence-corrected chi connectivity index (χ4v) is 7.71. The van der Waals surface area contributed by atoms with Crippen LogP contribution in [-0.2, 0) is 24.3 Å². The molecule has 13 heteroatoms. The average Bonchev–Trinajstić information content (AvgIpc) is 3.99. The Morgan fingerprint density at radius 3 is 2.37 bits per heavy atom. The number of fused-ring (bicyclic) bond motifs is 1. The van der Waals surface area contributed by atoms with E-state index >= 15 is 0 Å². The van der Waals surface area contributed by atoms with Crippen LogP contribution < -0.4 is 10.0 Å². The molecule has 3 fully saturated rings. The summed E-state index contributed by atoms with van der Waals surface area (Å²) in [6, 6.07) is 16.9. The summed E-state index contributed by atoms with van der Waals surface area (Å²) in [6.07, 6.45) is 1.91. The molecule has 0 bridgehead atoms. The van der Waals surface area contributed by atoms with Crippen LogP contribution in [0.3, 0.4) is 0 Å². The predicted octanol–water partition coefficient (Wildman–Crippen LogP) is 4.02. The van der Waals surface area contributed by atoms with Gasteiger partial charge in [-0.05, 0) is 58.6 Å². The van der Waals surface area contributed by atoms with Gasteiger partial charge in [0.25, 0.3) is 11.8 Å². The summed E-state index contributed by atoms with van der Waals surface area (Å²) in [6.45, 7) is 8.87. The Hall–Kier alpha value is -4.78. The van der Waals surface area contributed by atoms with Gasteiger partial charge >= 0.3 is 6.09 Å². The number of rotatable bonds is 9. The Labute approximate surface area is 285 Å². The van der Waals surface area contributed by atoms with Crippen LogP contribution in [0.5, 0.6) is 0 Å². The largest absolute Gasteiger partial charge is 0.444 e. The number of nitrogens with one attached hydrogen (secondary N) is 2. The lowest BCUT2D eigenvalue weighted by molar-refractivity contribution is -0.131. The molecule has 2 N–H and O–H groups in total. The number of amides is 4. The molecule has 2 heterocycles. The molecule has 2 saturated carbocycles. The van der Waals surface area contributed by atoms with Crippen LogP contribution in [0.25, 0.3) is 22.2 Å². The minimum atomic E-state index is -3.87. The molecule has 4 amide bonds. The van der Waals surface area contributed by atoms with Gasteiger partial charge in [-0.3, -0.25) is 24.0 Å². The van der Waals surface area contributed by atoms with Crippen LogP contribution in [0.15, 0.2) is 73.3 Å². The number of likely N-dealkylation sites (tertiary alicyclic amines) is 1. The van der Waals surface area contributed by atoms with Crippen molar-refractivity contribution in [2.75, 3.05) is 13.6 Å². The Morgan fingerprint density at radius 2 is 1.73 bits per heavy atom. The third-order valence-corrected chi connectivity index (χ3v) is 11.2. The van der Waals surface area contributed by atoms with Crippen LogP contribution in [0.1, 0.15) is 56.8 Å². The van der Waals surface area contributed by atoms with E-state index in [4.69, 9.17) is 9.72 Å². The molecule has 2 aromatic carbocycles. The maximum absolute atomic E-state index is 14.3. The molecule has 2 unspecified atom stereocenters. The summed E-state index contributed by atoms with van der Waals surface area (Å²) < 4.78 is 33.0. The lowest BCUT2D eigenvalue weighted by atomic mass is 10.0. The minimum absolute atomic E-state index is 0.00998. The zero-order valence-electron chi connectivity index (χ0n) is 28.0. The zero-order chi connectivity index (χ0) is 35.3. The smallest absolute Gasteiger partial charge is 0.411 e. The lowest BCUT2D eigenvalue weighted by Crippen LogP contribution is -2.56. The van der Waals surface area contributed by atoms with Crippen LogP contribution in [0, 0.1) is 5.92 Å². The zero-order valence-corrected chi connectivity index (χ0v) is 28.8. The van der Waals surface area contributed by atoms with E-state index in [2.05, 4.69) is 16.6 Å². The first-order chi connectivity index (χ1) is 23.1. The first-order valence-corrected chi connectivity index (χ1v) is 17.9. The molecule has 0 spiro atoms. The first-order valence-electron chi connectivity index (χ1n) is 16.4. The average molecular weight is 688 g/mol. The normalized spacial score (nSPS) is 23.4. The molecule has 1 aromatic heterocycles.